The van der Waals surface area contributed by atoms with Gasteiger partial charge in [0.1, 0.15) is 10.6 Å². The Hall–Kier alpha value is -2.07. The molecule has 1 aliphatic heterocycles. The second-order valence-electron chi connectivity index (χ2n) is 5.98. The summed E-state index contributed by atoms with van der Waals surface area (Å²) in [5, 5.41) is 12.1. The number of nitrogens with one attached hydrogen (secondary N) is 1. The molecule has 1 aromatic rings. The van der Waals surface area contributed by atoms with Gasteiger partial charge in [-0.05, 0) is 12.5 Å². The number of hydrogen-bond acceptors (Lipinski definition) is 6. The van der Waals surface area contributed by atoms with Crippen LogP contribution in [0.1, 0.15) is 18.1 Å². The van der Waals surface area contributed by atoms with Crippen molar-refractivity contribution in [2.45, 2.75) is 30.8 Å². The zero-order chi connectivity index (χ0) is 19.6. The van der Waals surface area contributed by atoms with Crippen molar-refractivity contribution in [1.82, 2.24) is 5.32 Å². The number of ether oxygens (including phenoxy) is 1. The molecule has 0 saturated carbocycles. The minimum Gasteiger partial charge on any atom is -0.467 e. The first-order valence-corrected chi connectivity index (χ1v) is 8.44. The van der Waals surface area contributed by atoms with Crippen molar-refractivity contribution in [3.05, 3.63) is 35.4 Å². The second kappa shape index (κ2) is 7.28. The van der Waals surface area contributed by atoms with E-state index in [0.29, 0.717) is 17.5 Å². The maximum atomic E-state index is 12.8. The number of thioether (sulfide) groups is 1. The first-order valence-electron chi connectivity index (χ1n) is 7.45. The molecule has 0 aliphatic carbocycles. The number of nitrogens with zero attached hydrogens (tertiary/aromatic N) is 1. The van der Waals surface area contributed by atoms with E-state index in [9.17, 15) is 27.9 Å². The van der Waals surface area contributed by atoms with Crippen LogP contribution in [-0.2, 0) is 20.7 Å². The summed E-state index contributed by atoms with van der Waals surface area (Å²) < 4.78 is 43.1. The number of methoxy groups -OCH3 is 1. The van der Waals surface area contributed by atoms with E-state index in [4.69, 9.17) is 0 Å². The third-order valence-corrected chi connectivity index (χ3v) is 5.07. The highest BCUT2D eigenvalue weighted by Crippen LogP contribution is 2.40. The highest BCUT2D eigenvalue weighted by molar-refractivity contribution is 8.14. The predicted octanol–water partition coefficient (Wildman–Crippen LogP) is 1.65. The number of benzene rings is 1. The van der Waals surface area contributed by atoms with Crippen LogP contribution in [0.5, 0.6) is 0 Å². The molecule has 1 heterocycles. The SMILES string of the molecule is COC(=O)[C@@](C)(Cc1ccc(C2=NC(O)(C(F)(F)F)CS2)cc1)NC=O. The Bertz CT molecular complexity index is 723. The van der Waals surface area contributed by atoms with Crippen LogP contribution in [0, 0.1) is 0 Å². The molecule has 2 rings (SSSR count). The van der Waals surface area contributed by atoms with Gasteiger partial charge < -0.3 is 15.2 Å². The van der Waals surface area contributed by atoms with Crippen molar-refractivity contribution in [2.24, 2.45) is 4.99 Å². The summed E-state index contributed by atoms with van der Waals surface area (Å²) in [7, 11) is 1.20. The van der Waals surface area contributed by atoms with Gasteiger partial charge in [0.25, 0.3) is 5.72 Å². The van der Waals surface area contributed by atoms with Crippen molar-refractivity contribution in [1.29, 1.82) is 0 Å². The van der Waals surface area contributed by atoms with E-state index >= 15 is 0 Å². The highest BCUT2D eigenvalue weighted by Gasteiger charge is 2.56. The smallest absolute Gasteiger partial charge is 0.439 e. The van der Waals surface area contributed by atoms with Gasteiger partial charge in [0.2, 0.25) is 6.41 Å². The first-order chi connectivity index (χ1) is 12.0. The predicted molar refractivity (Wildman–Crippen MR) is 89.8 cm³/mol. The highest BCUT2D eigenvalue weighted by atomic mass is 32.2. The van der Waals surface area contributed by atoms with Crippen LogP contribution < -0.4 is 5.32 Å². The van der Waals surface area contributed by atoms with Crippen molar-refractivity contribution in [3.63, 3.8) is 0 Å². The van der Waals surface area contributed by atoms with E-state index in [1.165, 1.54) is 14.0 Å². The number of carbonyl (C=O) groups is 2. The molecule has 0 saturated heterocycles. The second-order valence-corrected chi connectivity index (χ2v) is 6.94. The van der Waals surface area contributed by atoms with E-state index in [1.807, 2.05) is 0 Å². The zero-order valence-corrected chi connectivity index (χ0v) is 14.8. The largest absolute Gasteiger partial charge is 0.467 e. The number of halogens is 3. The molecular formula is C16H17F3N2O4S. The van der Waals surface area contributed by atoms with Gasteiger partial charge in [0.05, 0.1) is 12.9 Å². The van der Waals surface area contributed by atoms with Crippen molar-refractivity contribution in [3.8, 4) is 0 Å². The van der Waals surface area contributed by atoms with Crippen molar-refractivity contribution >= 4 is 29.2 Å². The van der Waals surface area contributed by atoms with Crippen LogP contribution >= 0.6 is 11.8 Å². The molecule has 1 unspecified atom stereocenters. The number of esters is 1. The quantitative estimate of drug-likeness (QED) is 0.570. The summed E-state index contributed by atoms with van der Waals surface area (Å²) in [6.07, 6.45) is -4.32. The minimum atomic E-state index is -4.84. The van der Waals surface area contributed by atoms with E-state index < -0.39 is 29.2 Å². The van der Waals surface area contributed by atoms with Crippen molar-refractivity contribution < 1.29 is 32.6 Å². The molecule has 0 bridgehead atoms. The number of carbonyl (C=O) groups excluding carboxylic acids is 2. The van der Waals surface area contributed by atoms with Gasteiger partial charge in [-0.2, -0.15) is 13.2 Å². The summed E-state index contributed by atoms with van der Waals surface area (Å²) in [6.45, 7) is 1.50. The molecule has 2 N–H and O–H groups in total. The number of aliphatic hydroxyl groups is 1. The Morgan fingerprint density at radius 3 is 2.50 bits per heavy atom. The molecule has 0 aromatic heterocycles. The van der Waals surface area contributed by atoms with Crippen molar-refractivity contribution in [2.75, 3.05) is 12.9 Å². The van der Waals surface area contributed by atoms with Gasteiger partial charge in [-0.25, -0.2) is 9.79 Å². The van der Waals surface area contributed by atoms with Crippen LogP contribution in [0.15, 0.2) is 29.3 Å². The molecule has 0 radical (unpaired) electrons. The minimum absolute atomic E-state index is 0.0816. The summed E-state index contributed by atoms with van der Waals surface area (Å²) in [4.78, 5) is 26.0. The van der Waals surface area contributed by atoms with E-state index in [2.05, 4.69) is 15.0 Å². The molecule has 0 spiro atoms. The van der Waals surface area contributed by atoms with Gasteiger partial charge in [0.15, 0.2) is 0 Å². The molecule has 0 fully saturated rings. The van der Waals surface area contributed by atoms with E-state index in [0.717, 1.165) is 11.8 Å². The lowest BCUT2D eigenvalue weighted by molar-refractivity contribution is -0.245. The molecule has 1 aliphatic rings. The molecular weight excluding hydrogens is 373 g/mol. The fourth-order valence-electron chi connectivity index (χ4n) is 2.41. The lowest BCUT2D eigenvalue weighted by Gasteiger charge is -2.26. The third-order valence-electron chi connectivity index (χ3n) is 3.92. The molecule has 10 heteroatoms. The lowest BCUT2D eigenvalue weighted by Crippen LogP contribution is -2.51. The topological polar surface area (TPSA) is 88.0 Å². The molecule has 26 heavy (non-hydrogen) atoms. The third kappa shape index (κ3) is 4.01. The van der Waals surface area contributed by atoms with Crippen LogP contribution in [0.4, 0.5) is 13.2 Å². The molecule has 1 amide bonds. The van der Waals surface area contributed by atoms with Crippen LogP contribution in [-0.4, -0.2) is 52.8 Å². The van der Waals surface area contributed by atoms with Crippen LogP contribution in [0.25, 0.3) is 0 Å². The first kappa shape index (κ1) is 20.2. The molecule has 6 nitrogen and oxygen atoms in total. The monoisotopic (exact) mass is 390 g/mol. The normalized spacial score (nSPS) is 22.3. The molecule has 1 aromatic carbocycles. The Morgan fingerprint density at radius 2 is 2.04 bits per heavy atom. The zero-order valence-electron chi connectivity index (χ0n) is 14.0. The maximum Gasteiger partial charge on any atom is 0.439 e. The average molecular weight is 390 g/mol. The number of alkyl halides is 3. The summed E-state index contributed by atoms with van der Waals surface area (Å²) >= 11 is 0.812. The summed E-state index contributed by atoms with van der Waals surface area (Å²) in [5.41, 5.74) is -3.27. The Balaban J connectivity index is 2.20. The summed E-state index contributed by atoms with van der Waals surface area (Å²) in [5.74, 6) is -1.23. The van der Waals surface area contributed by atoms with Gasteiger partial charge in [-0.1, -0.05) is 24.3 Å². The number of rotatable bonds is 6. The van der Waals surface area contributed by atoms with Crippen LogP contribution in [0.2, 0.25) is 0 Å². The number of aliphatic imine (C=N–C) groups is 1. The summed E-state index contributed by atoms with van der Waals surface area (Å²) in [6, 6.07) is 6.30. The average Bonchev–Trinajstić information content (AvgIpc) is 2.98. The molecule has 142 valence electrons. The molecule has 2 atom stereocenters. The fraction of sp³-hybridized carbons (Fsp3) is 0.438. The number of amides is 1. The van der Waals surface area contributed by atoms with Gasteiger partial charge in [-0.15, -0.1) is 11.8 Å². The lowest BCUT2D eigenvalue weighted by atomic mass is 9.92. The van der Waals surface area contributed by atoms with E-state index in [-0.39, 0.29) is 11.5 Å². The Morgan fingerprint density at radius 1 is 1.42 bits per heavy atom. The number of hydrogen-bond donors (Lipinski definition) is 2. The Labute approximate surface area is 151 Å². The van der Waals surface area contributed by atoms with E-state index in [1.54, 1.807) is 24.3 Å². The van der Waals surface area contributed by atoms with Gasteiger partial charge in [0, 0.05) is 12.0 Å². The fourth-order valence-corrected chi connectivity index (χ4v) is 3.49. The van der Waals surface area contributed by atoms with Gasteiger partial charge in [-0.3, -0.25) is 4.79 Å². The van der Waals surface area contributed by atoms with Gasteiger partial charge >= 0.3 is 12.1 Å². The Kier molecular flexibility index (Phi) is 5.67. The maximum absolute atomic E-state index is 12.8. The van der Waals surface area contributed by atoms with Crippen LogP contribution in [0.3, 0.4) is 0 Å². The standard InChI is InChI=1S/C16H17F3N2O4S/c1-14(20-9-22,13(23)25-2)7-10-3-5-11(6-4-10)12-21-15(24,8-26-12)16(17,18)19/h3-6,9,24H,7-8H2,1-2H3,(H,20,22)/t14-,15?/m1/s1.